The molecule has 1 N–H and O–H groups in total. The molecule has 0 bridgehead atoms. The molecule has 22 heavy (non-hydrogen) atoms. The maximum Gasteiger partial charge on any atom is 0.323 e. The number of cyclic esters (lactones) is 1. The Labute approximate surface area is 129 Å². The van der Waals surface area contributed by atoms with Crippen LogP contribution in [0.5, 0.6) is 0 Å². The highest BCUT2D eigenvalue weighted by Crippen LogP contribution is 2.31. The molecule has 4 heteroatoms. The third-order valence-electron chi connectivity index (χ3n) is 4.76. The van der Waals surface area contributed by atoms with Crippen molar-refractivity contribution in [2.75, 3.05) is 13.1 Å². The van der Waals surface area contributed by atoms with Crippen molar-refractivity contribution in [3.05, 3.63) is 42.1 Å². The number of H-pyrrole nitrogens is 1. The molecule has 2 atom stereocenters. The van der Waals surface area contributed by atoms with Crippen molar-refractivity contribution in [1.82, 2.24) is 9.88 Å². The Balaban J connectivity index is 1.55. The second-order valence-electron chi connectivity index (χ2n) is 6.22. The van der Waals surface area contributed by atoms with E-state index in [2.05, 4.69) is 40.4 Å². The zero-order chi connectivity index (χ0) is 15.1. The highest BCUT2D eigenvalue weighted by Gasteiger charge is 2.36. The van der Waals surface area contributed by atoms with Crippen molar-refractivity contribution in [2.24, 2.45) is 0 Å². The number of hydrogen-bond donors (Lipinski definition) is 1. The smallest absolute Gasteiger partial charge is 0.323 e. The van der Waals surface area contributed by atoms with Gasteiger partial charge < -0.3 is 9.72 Å². The fourth-order valence-corrected chi connectivity index (χ4v) is 3.58. The number of fused-ring (bicyclic) bond motifs is 1. The number of para-hydroxylation sites is 1. The first kappa shape index (κ1) is 13.6. The number of aromatic amines is 1. The summed E-state index contributed by atoms with van der Waals surface area (Å²) in [6.07, 6.45) is 6.19. The second kappa shape index (κ2) is 5.29. The van der Waals surface area contributed by atoms with Crippen molar-refractivity contribution in [3.63, 3.8) is 0 Å². The Bertz CT molecular complexity index is 746. The molecule has 2 aromatic rings. The maximum atomic E-state index is 11.9. The summed E-state index contributed by atoms with van der Waals surface area (Å²) in [6.45, 7) is 3.70. The number of benzene rings is 1. The monoisotopic (exact) mass is 296 g/mol. The fourth-order valence-electron chi connectivity index (χ4n) is 3.58. The SMILES string of the molecule is C[C@H]1C[C@@H](N2CC=C(c3c[nH]c4ccccc34)CC2)C(=O)O1. The molecule has 0 aliphatic carbocycles. The predicted molar refractivity (Wildman–Crippen MR) is 86.4 cm³/mol. The Kier molecular flexibility index (Phi) is 3.26. The van der Waals surface area contributed by atoms with Crippen LogP contribution >= 0.6 is 0 Å². The number of carbonyl (C=O) groups excluding carboxylic acids is 1. The molecule has 0 unspecified atom stereocenters. The third kappa shape index (κ3) is 2.24. The molecule has 0 saturated carbocycles. The first-order valence-electron chi connectivity index (χ1n) is 7.92. The zero-order valence-electron chi connectivity index (χ0n) is 12.7. The van der Waals surface area contributed by atoms with E-state index in [-0.39, 0.29) is 18.1 Å². The highest BCUT2D eigenvalue weighted by atomic mass is 16.6. The fraction of sp³-hybridized carbons (Fsp3) is 0.389. The average Bonchev–Trinajstić information content (AvgIpc) is 3.10. The third-order valence-corrected chi connectivity index (χ3v) is 4.76. The largest absolute Gasteiger partial charge is 0.461 e. The molecule has 1 saturated heterocycles. The lowest BCUT2D eigenvalue weighted by molar-refractivity contribution is -0.144. The molecule has 114 valence electrons. The lowest BCUT2D eigenvalue weighted by Crippen LogP contribution is -2.41. The highest BCUT2D eigenvalue weighted by molar-refractivity contribution is 5.92. The first-order chi connectivity index (χ1) is 10.7. The van der Waals surface area contributed by atoms with Gasteiger partial charge in [-0.15, -0.1) is 0 Å². The Hall–Kier alpha value is -2.07. The number of nitrogens with zero attached hydrogens (tertiary/aromatic N) is 1. The van der Waals surface area contributed by atoms with Crippen LogP contribution in [-0.2, 0) is 9.53 Å². The van der Waals surface area contributed by atoms with Gasteiger partial charge >= 0.3 is 5.97 Å². The van der Waals surface area contributed by atoms with E-state index in [1.54, 1.807) is 0 Å². The average molecular weight is 296 g/mol. The van der Waals surface area contributed by atoms with E-state index in [0.717, 1.165) is 25.9 Å². The minimum Gasteiger partial charge on any atom is -0.461 e. The van der Waals surface area contributed by atoms with Crippen LogP contribution in [0.4, 0.5) is 0 Å². The topological polar surface area (TPSA) is 45.3 Å². The van der Waals surface area contributed by atoms with Crippen LogP contribution in [0.3, 0.4) is 0 Å². The van der Waals surface area contributed by atoms with Crippen molar-refractivity contribution < 1.29 is 9.53 Å². The number of hydrogen-bond acceptors (Lipinski definition) is 3. The summed E-state index contributed by atoms with van der Waals surface area (Å²) >= 11 is 0. The van der Waals surface area contributed by atoms with Crippen molar-refractivity contribution >= 4 is 22.4 Å². The van der Waals surface area contributed by atoms with Crippen molar-refractivity contribution in [1.29, 1.82) is 0 Å². The second-order valence-corrected chi connectivity index (χ2v) is 6.22. The number of carbonyl (C=O) groups is 1. The summed E-state index contributed by atoms with van der Waals surface area (Å²) in [5, 5.41) is 1.27. The maximum absolute atomic E-state index is 11.9. The summed E-state index contributed by atoms with van der Waals surface area (Å²) in [5.41, 5.74) is 3.83. The van der Waals surface area contributed by atoms with Gasteiger partial charge in [0, 0.05) is 42.2 Å². The van der Waals surface area contributed by atoms with Gasteiger partial charge in [-0.05, 0) is 25.0 Å². The molecule has 2 aliphatic heterocycles. The molecular weight excluding hydrogens is 276 g/mol. The predicted octanol–water partition coefficient (Wildman–Crippen LogP) is 2.96. The van der Waals surface area contributed by atoms with Crippen LogP contribution in [0, 0.1) is 0 Å². The van der Waals surface area contributed by atoms with Gasteiger partial charge in [0.05, 0.1) is 0 Å². The standard InChI is InChI=1S/C18H20N2O2/c1-12-10-17(18(21)22-12)20-8-6-13(7-9-20)15-11-19-16-5-3-2-4-14(15)16/h2-6,11-12,17,19H,7-10H2,1H3/t12-,17+/m0/s1. The van der Waals surface area contributed by atoms with Gasteiger partial charge in [-0.2, -0.15) is 0 Å². The van der Waals surface area contributed by atoms with Gasteiger partial charge in [0.1, 0.15) is 12.1 Å². The molecule has 0 spiro atoms. The molecular formula is C18H20N2O2. The van der Waals surface area contributed by atoms with Gasteiger partial charge in [0.15, 0.2) is 0 Å². The molecule has 0 radical (unpaired) electrons. The van der Waals surface area contributed by atoms with Gasteiger partial charge in [-0.1, -0.05) is 24.3 Å². The lowest BCUT2D eigenvalue weighted by atomic mass is 9.97. The summed E-state index contributed by atoms with van der Waals surface area (Å²) in [4.78, 5) is 17.5. The Morgan fingerprint density at radius 1 is 1.32 bits per heavy atom. The van der Waals surface area contributed by atoms with E-state index in [1.807, 2.05) is 13.0 Å². The van der Waals surface area contributed by atoms with Gasteiger partial charge in [-0.25, -0.2) is 0 Å². The summed E-state index contributed by atoms with van der Waals surface area (Å²) < 4.78 is 5.28. The van der Waals surface area contributed by atoms with E-state index in [0.29, 0.717) is 0 Å². The summed E-state index contributed by atoms with van der Waals surface area (Å²) in [6, 6.07) is 8.32. The number of ether oxygens (including phenoxy) is 1. The quantitative estimate of drug-likeness (QED) is 0.867. The molecule has 0 amide bonds. The van der Waals surface area contributed by atoms with Crippen LogP contribution in [0.15, 0.2) is 36.5 Å². The van der Waals surface area contributed by atoms with Crippen molar-refractivity contribution in [2.45, 2.75) is 31.9 Å². The van der Waals surface area contributed by atoms with Crippen molar-refractivity contribution in [3.8, 4) is 0 Å². The van der Waals surface area contributed by atoms with Gasteiger partial charge in [-0.3, -0.25) is 9.69 Å². The van der Waals surface area contributed by atoms with Crippen LogP contribution in [-0.4, -0.2) is 41.1 Å². The van der Waals surface area contributed by atoms with Crippen LogP contribution in [0.1, 0.15) is 25.3 Å². The van der Waals surface area contributed by atoms with E-state index in [9.17, 15) is 4.79 Å². The van der Waals surface area contributed by atoms with Crippen LogP contribution in [0.2, 0.25) is 0 Å². The number of rotatable bonds is 2. The number of esters is 1. The van der Waals surface area contributed by atoms with E-state index in [4.69, 9.17) is 4.74 Å². The van der Waals surface area contributed by atoms with E-state index >= 15 is 0 Å². The van der Waals surface area contributed by atoms with Crippen LogP contribution < -0.4 is 0 Å². The summed E-state index contributed by atoms with van der Waals surface area (Å²) in [7, 11) is 0. The minimum absolute atomic E-state index is 0.0523. The molecule has 1 aromatic carbocycles. The molecule has 1 aromatic heterocycles. The van der Waals surface area contributed by atoms with Gasteiger partial charge in [0.25, 0.3) is 0 Å². The molecule has 1 fully saturated rings. The number of nitrogens with one attached hydrogen (secondary N) is 1. The normalized spacial score (nSPS) is 26.2. The zero-order valence-corrected chi connectivity index (χ0v) is 12.7. The molecule has 4 nitrogen and oxygen atoms in total. The number of aromatic nitrogens is 1. The van der Waals surface area contributed by atoms with Crippen LogP contribution in [0.25, 0.3) is 16.5 Å². The lowest BCUT2D eigenvalue weighted by Gasteiger charge is -2.29. The van der Waals surface area contributed by atoms with E-state index in [1.165, 1.54) is 22.0 Å². The minimum atomic E-state index is -0.0595. The molecule has 2 aliphatic rings. The van der Waals surface area contributed by atoms with Gasteiger partial charge in [0.2, 0.25) is 0 Å². The molecule has 3 heterocycles. The Morgan fingerprint density at radius 2 is 2.18 bits per heavy atom. The first-order valence-corrected chi connectivity index (χ1v) is 7.92. The van der Waals surface area contributed by atoms with E-state index < -0.39 is 0 Å². The summed E-state index contributed by atoms with van der Waals surface area (Å²) in [5.74, 6) is -0.0588. The Morgan fingerprint density at radius 3 is 2.91 bits per heavy atom. The molecule has 4 rings (SSSR count).